The highest BCUT2D eigenvalue weighted by molar-refractivity contribution is 5.95. The molecule has 2 rings (SSSR count). The van der Waals surface area contributed by atoms with Gasteiger partial charge in [0.05, 0.1) is 5.92 Å². The van der Waals surface area contributed by atoms with Crippen LogP contribution in [0.3, 0.4) is 0 Å². The maximum Gasteiger partial charge on any atom is 0.490 e. The maximum atomic E-state index is 13.6. The number of halogens is 3. The van der Waals surface area contributed by atoms with E-state index in [-0.39, 0.29) is 37.6 Å². The summed E-state index contributed by atoms with van der Waals surface area (Å²) in [6.45, 7) is 0.278. The summed E-state index contributed by atoms with van der Waals surface area (Å²) in [6.07, 6.45) is -4.93. The lowest BCUT2D eigenvalue weighted by Crippen LogP contribution is -2.53. The predicted molar refractivity (Wildman–Crippen MR) is 163 cm³/mol. The zero-order valence-electron chi connectivity index (χ0n) is 25.0. The predicted octanol–water partition coefficient (Wildman–Crippen LogP) is 0.513. The second kappa shape index (κ2) is 19.0. The molecule has 0 bridgehead atoms. The quantitative estimate of drug-likeness (QED) is 0.0673. The van der Waals surface area contributed by atoms with Crippen molar-refractivity contribution in [3.05, 3.63) is 71.3 Å². The zero-order valence-corrected chi connectivity index (χ0v) is 25.0. The molecule has 2 aromatic carbocycles. The summed E-state index contributed by atoms with van der Waals surface area (Å²) in [7, 11) is 0. The molecule has 3 amide bonds. The van der Waals surface area contributed by atoms with E-state index in [1.54, 1.807) is 54.6 Å². The van der Waals surface area contributed by atoms with Crippen LogP contribution >= 0.6 is 0 Å². The molecule has 13 N–H and O–H groups in total. The summed E-state index contributed by atoms with van der Waals surface area (Å²) in [5.41, 5.74) is 18.2. The molecule has 256 valence electrons. The van der Waals surface area contributed by atoms with Crippen molar-refractivity contribution in [1.82, 2.24) is 16.0 Å². The summed E-state index contributed by atoms with van der Waals surface area (Å²) in [5.74, 6) is -7.00. The molecule has 0 spiro atoms. The number of nitrogen functional groups attached to an aromatic ring is 1. The Labute approximate surface area is 267 Å². The van der Waals surface area contributed by atoms with Crippen LogP contribution in [0.1, 0.15) is 48.3 Å². The Kier molecular flexibility index (Phi) is 15.9. The number of amidine groups is 1. The van der Waals surface area contributed by atoms with Crippen molar-refractivity contribution in [2.24, 2.45) is 17.2 Å². The van der Waals surface area contributed by atoms with E-state index in [1.165, 1.54) is 0 Å². The minimum atomic E-state index is -5.08. The van der Waals surface area contributed by atoms with Crippen molar-refractivity contribution in [2.45, 2.75) is 56.3 Å². The molecular formula is C29H37F3N8O7. The number of nitrogens with one attached hydrogen (secondary N) is 5. The average Bonchev–Trinajstić information content (AvgIpc) is 2.99. The van der Waals surface area contributed by atoms with Gasteiger partial charge < -0.3 is 43.4 Å². The number of benzene rings is 2. The van der Waals surface area contributed by atoms with E-state index in [9.17, 15) is 37.5 Å². The molecule has 2 aromatic rings. The van der Waals surface area contributed by atoms with Crippen LogP contribution in [0.4, 0.5) is 13.2 Å². The molecule has 15 nitrogen and oxygen atoms in total. The fourth-order valence-electron chi connectivity index (χ4n) is 4.00. The fraction of sp³-hybridized carbons (Fsp3) is 0.345. The number of amides is 3. The number of carbonyl (C=O) groups excluding carboxylic acids is 3. The summed E-state index contributed by atoms with van der Waals surface area (Å²) < 4.78 is 31.7. The number of rotatable bonds is 16. The normalized spacial score (nSPS) is 12.6. The van der Waals surface area contributed by atoms with Crippen molar-refractivity contribution in [3.8, 4) is 0 Å². The summed E-state index contributed by atoms with van der Waals surface area (Å²) >= 11 is 0. The number of carboxylic acid groups (broad SMARTS) is 2. The molecule has 0 saturated heterocycles. The van der Waals surface area contributed by atoms with Gasteiger partial charge in [-0.3, -0.25) is 30.0 Å². The molecule has 0 unspecified atom stereocenters. The average molecular weight is 667 g/mol. The number of alkyl halides is 3. The summed E-state index contributed by atoms with van der Waals surface area (Å²) in [6, 6.07) is 13.5. The SMILES string of the molecule is N=C(N)NCCC[C@H](NC(=O)[C@H](CCC(=O)O)NC(=O)[C@H](Cc1ccc(C(=N)N)cc1)c1ccccc1)C(N)=O.O=C(O)C(F)(F)F. The third kappa shape index (κ3) is 15.2. The van der Waals surface area contributed by atoms with Gasteiger partial charge in [0, 0.05) is 18.5 Å². The monoisotopic (exact) mass is 666 g/mol. The number of aliphatic carboxylic acids is 2. The lowest BCUT2D eigenvalue weighted by Gasteiger charge is -2.24. The van der Waals surface area contributed by atoms with Crippen LogP contribution in [-0.2, 0) is 30.4 Å². The molecule has 0 heterocycles. The van der Waals surface area contributed by atoms with Crippen LogP contribution in [-0.4, -0.2) is 76.5 Å². The van der Waals surface area contributed by atoms with Gasteiger partial charge in [-0.1, -0.05) is 54.6 Å². The van der Waals surface area contributed by atoms with Crippen LogP contribution in [0.5, 0.6) is 0 Å². The van der Waals surface area contributed by atoms with E-state index >= 15 is 0 Å². The fourth-order valence-corrected chi connectivity index (χ4v) is 4.00. The topological polar surface area (TPSA) is 288 Å². The van der Waals surface area contributed by atoms with E-state index in [0.29, 0.717) is 17.5 Å². The molecular weight excluding hydrogens is 629 g/mol. The highest BCUT2D eigenvalue weighted by atomic mass is 19.4. The van der Waals surface area contributed by atoms with Gasteiger partial charge in [-0.05, 0) is 36.8 Å². The van der Waals surface area contributed by atoms with Crippen LogP contribution in [0.25, 0.3) is 0 Å². The van der Waals surface area contributed by atoms with E-state index < -0.39 is 60.3 Å². The third-order valence-electron chi connectivity index (χ3n) is 6.39. The first-order valence-corrected chi connectivity index (χ1v) is 13.9. The Bertz CT molecular complexity index is 1410. The molecule has 0 saturated carbocycles. The van der Waals surface area contributed by atoms with Crippen LogP contribution < -0.4 is 33.2 Å². The molecule has 0 aromatic heterocycles. The van der Waals surface area contributed by atoms with Crippen molar-refractivity contribution >= 4 is 41.5 Å². The van der Waals surface area contributed by atoms with Gasteiger partial charge in [0.1, 0.15) is 17.9 Å². The molecule has 3 atom stereocenters. The van der Waals surface area contributed by atoms with E-state index in [0.717, 1.165) is 5.56 Å². The van der Waals surface area contributed by atoms with Gasteiger partial charge in [-0.15, -0.1) is 0 Å². The van der Waals surface area contributed by atoms with Crippen LogP contribution in [0.2, 0.25) is 0 Å². The van der Waals surface area contributed by atoms with Gasteiger partial charge in [-0.2, -0.15) is 13.2 Å². The van der Waals surface area contributed by atoms with Crippen molar-refractivity contribution < 1.29 is 47.4 Å². The number of primary amides is 1. The molecule has 0 fully saturated rings. The molecule has 18 heteroatoms. The van der Waals surface area contributed by atoms with Gasteiger partial charge in [0.25, 0.3) is 0 Å². The highest BCUT2D eigenvalue weighted by Crippen LogP contribution is 2.22. The van der Waals surface area contributed by atoms with Crippen molar-refractivity contribution in [3.63, 3.8) is 0 Å². The minimum Gasteiger partial charge on any atom is -0.481 e. The first-order chi connectivity index (χ1) is 21.9. The smallest absolute Gasteiger partial charge is 0.481 e. The van der Waals surface area contributed by atoms with E-state index in [4.69, 9.17) is 37.9 Å². The Morgan fingerprint density at radius 3 is 1.83 bits per heavy atom. The molecule has 0 aliphatic carbocycles. The van der Waals surface area contributed by atoms with E-state index in [2.05, 4.69) is 16.0 Å². The largest absolute Gasteiger partial charge is 0.490 e. The van der Waals surface area contributed by atoms with Gasteiger partial charge in [0.2, 0.25) is 17.7 Å². The minimum absolute atomic E-state index is 0.0828. The molecule has 47 heavy (non-hydrogen) atoms. The highest BCUT2D eigenvalue weighted by Gasteiger charge is 2.38. The summed E-state index contributed by atoms with van der Waals surface area (Å²) in [4.78, 5) is 58.8. The Balaban J connectivity index is 0.00000141. The summed E-state index contributed by atoms with van der Waals surface area (Å²) in [5, 5.41) is 38.8. The zero-order chi connectivity index (χ0) is 35.7. The van der Waals surface area contributed by atoms with Crippen molar-refractivity contribution in [2.75, 3.05) is 6.54 Å². The van der Waals surface area contributed by atoms with Gasteiger partial charge >= 0.3 is 18.1 Å². The first-order valence-electron chi connectivity index (χ1n) is 13.9. The third-order valence-corrected chi connectivity index (χ3v) is 6.39. The standard InChI is InChI=1S/C27H36N8O5.C2HF3O2/c28-23(29)18-10-8-16(9-11-18)15-19(17-5-2-1-3-6-17)25(39)35-21(12-13-22(36)37)26(40)34-20(24(30)38)7-4-14-33-27(31)32;3-2(4,5)1(6)7/h1-3,5-6,8-11,19-21H,4,7,12-15H2,(H3,28,29)(H2,30,38)(H,34,40)(H,35,39)(H,36,37)(H4,31,32,33);(H,6,7)/t19-,20+,21+;/m1./s1. The lowest BCUT2D eigenvalue weighted by molar-refractivity contribution is -0.192. The van der Waals surface area contributed by atoms with E-state index in [1.807, 2.05) is 0 Å². The number of carboxylic acids is 2. The van der Waals surface area contributed by atoms with Gasteiger partial charge in [-0.25, -0.2) is 4.79 Å². The lowest BCUT2D eigenvalue weighted by atomic mass is 9.90. The number of hydrogen-bond donors (Lipinski definition) is 10. The maximum absolute atomic E-state index is 13.6. The number of hydrogen-bond acceptors (Lipinski definition) is 7. The number of guanidine groups is 1. The molecule has 0 radical (unpaired) electrons. The number of carbonyl (C=O) groups is 5. The Hall–Kier alpha value is -5.68. The number of nitrogens with two attached hydrogens (primary N) is 3. The second-order valence-electron chi connectivity index (χ2n) is 10.0. The molecule has 0 aliphatic rings. The van der Waals surface area contributed by atoms with Crippen LogP contribution in [0.15, 0.2) is 54.6 Å². The van der Waals surface area contributed by atoms with Crippen LogP contribution in [0, 0.1) is 10.8 Å². The first kappa shape index (κ1) is 39.3. The van der Waals surface area contributed by atoms with Crippen molar-refractivity contribution in [1.29, 1.82) is 10.8 Å². The van der Waals surface area contributed by atoms with Gasteiger partial charge in [0.15, 0.2) is 5.96 Å². The second-order valence-corrected chi connectivity index (χ2v) is 10.0. The Morgan fingerprint density at radius 2 is 1.36 bits per heavy atom. The molecule has 0 aliphatic heterocycles. The Morgan fingerprint density at radius 1 is 0.809 bits per heavy atom.